The van der Waals surface area contributed by atoms with Crippen molar-refractivity contribution in [3.8, 4) is 0 Å². The van der Waals surface area contributed by atoms with E-state index in [1.807, 2.05) is 0 Å². The maximum atomic E-state index is 12.0. The number of carboxylic acid groups (broad SMARTS) is 1. The van der Waals surface area contributed by atoms with Crippen LogP contribution in [0.5, 0.6) is 0 Å². The summed E-state index contributed by atoms with van der Waals surface area (Å²) in [4.78, 5) is 23.4. The lowest BCUT2D eigenvalue weighted by Gasteiger charge is -2.08. The molecule has 0 saturated carbocycles. The van der Waals surface area contributed by atoms with Crippen LogP contribution in [0.4, 0.5) is 5.69 Å². The van der Waals surface area contributed by atoms with Crippen LogP contribution < -0.4 is 5.32 Å². The minimum absolute atomic E-state index is 0.203. The normalized spacial score (nSPS) is 10.2. The van der Waals surface area contributed by atoms with Crippen molar-refractivity contribution in [1.29, 1.82) is 0 Å². The number of amides is 1. The Morgan fingerprint density at radius 3 is 2.53 bits per heavy atom. The van der Waals surface area contributed by atoms with E-state index in [0.717, 1.165) is 3.79 Å². The van der Waals surface area contributed by atoms with Crippen LogP contribution in [0.2, 0.25) is 0 Å². The molecule has 0 radical (unpaired) electrons. The summed E-state index contributed by atoms with van der Waals surface area (Å²) in [5.41, 5.74) is 1.53. The molecule has 2 N–H and O–H groups in total. The Morgan fingerprint density at radius 1 is 1.26 bits per heavy atom. The molecule has 1 aromatic heterocycles. The molecule has 0 atom stereocenters. The first-order valence-electron chi connectivity index (χ1n) is 5.38. The standard InChI is InChI=1S/C13H10BrNO3S/c1-7-6-8(13(17)18)2-3-9(7)15-12(16)10-4-5-11(14)19-10/h2-6H,1H3,(H,15,16)(H,17,18). The molecule has 1 heterocycles. The van der Waals surface area contributed by atoms with Crippen molar-refractivity contribution in [3.05, 3.63) is 50.1 Å². The number of aromatic carboxylic acids is 1. The Kier molecular flexibility index (Phi) is 4.01. The van der Waals surface area contributed by atoms with Crippen LogP contribution >= 0.6 is 27.3 Å². The second kappa shape index (κ2) is 5.54. The highest BCUT2D eigenvalue weighted by Crippen LogP contribution is 2.24. The lowest BCUT2D eigenvalue weighted by atomic mass is 10.1. The zero-order valence-corrected chi connectivity index (χ0v) is 12.3. The third-order valence-corrected chi connectivity index (χ3v) is 4.14. The van der Waals surface area contributed by atoms with Gasteiger partial charge in [0.15, 0.2) is 0 Å². The lowest BCUT2D eigenvalue weighted by Crippen LogP contribution is -2.11. The molecule has 1 amide bonds. The summed E-state index contributed by atoms with van der Waals surface area (Å²) >= 11 is 4.64. The maximum absolute atomic E-state index is 12.0. The van der Waals surface area contributed by atoms with E-state index < -0.39 is 5.97 Å². The molecule has 1 aromatic carbocycles. The van der Waals surface area contributed by atoms with Crippen molar-refractivity contribution < 1.29 is 14.7 Å². The Balaban J connectivity index is 2.20. The van der Waals surface area contributed by atoms with Crippen LogP contribution in [0.3, 0.4) is 0 Å². The Hall–Kier alpha value is -1.66. The van der Waals surface area contributed by atoms with Crippen LogP contribution in [-0.2, 0) is 0 Å². The van der Waals surface area contributed by atoms with Crippen molar-refractivity contribution in [2.45, 2.75) is 6.92 Å². The zero-order chi connectivity index (χ0) is 14.0. The molecule has 0 aliphatic heterocycles. The predicted octanol–water partition coefficient (Wildman–Crippen LogP) is 3.77. The molecule has 0 unspecified atom stereocenters. The topological polar surface area (TPSA) is 66.4 Å². The first kappa shape index (κ1) is 13.8. The number of hydrogen-bond donors (Lipinski definition) is 2. The van der Waals surface area contributed by atoms with Gasteiger partial charge in [-0.3, -0.25) is 4.79 Å². The number of anilines is 1. The predicted molar refractivity (Wildman–Crippen MR) is 78.1 cm³/mol. The van der Waals surface area contributed by atoms with Crippen molar-refractivity contribution in [3.63, 3.8) is 0 Å². The molecule has 0 aliphatic rings. The van der Waals surface area contributed by atoms with Gasteiger partial charge in [0.25, 0.3) is 5.91 Å². The summed E-state index contributed by atoms with van der Waals surface area (Å²) in [5.74, 6) is -1.19. The highest BCUT2D eigenvalue weighted by atomic mass is 79.9. The van der Waals surface area contributed by atoms with Gasteiger partial charge in [-0.1, -0.05) is 0 Å². The summed E-state index contributed by atoms with van der Waals surface area (Å²) in [6.45, 7) is 1.76. The first-order valence-corrected chi connectivity index (χ1v) is 6.99. The number of carboxylic acids is 1. The smallest absolute Gasteiger partial charge is 0.335 e. The molecule has 0 fully saturated rings. The second-order valence-electron chi connectivity index (χ2n) is 3.89. The molecule has 0 aliphatic carbocycles. The van der Waals surface area contributed by atoms with Crippen LogP contribution in [0.25, 0.3) is 0 Å². The summed E-state index contributed by atoms with van der Waals surface area (Å²) in [7, 11) is 0. The molecule has 4 nitrogen and oxygen atoms in total. The van der Waals surface area contributed by atoms with Crippen LogP contribution in [0, 0.1) is 6.92 Å². The van der Waals surface area contributed by atoms with Crippen molar-refractivity contribution in [1.82, 2.24) is 0 Å². The van der Waals surface area contributed by atoms with E-state index in [9.17, 15) is 9.59 Å². The van der Waals surface area contributed by atoms with Gasteiger partial charge in [0.1, 0.15) is 0 Å². The van der Waals surface area contributed by atoms with Crippen LogP contribution in [0.1, 0.15) is 25.6 Å². The van der Waals surface area contributed by atoms with E-state index in [-0.39, 0.29) is 11.5 Å². The number of thiophene rings is 1. The van der Waals surface area contributed by atoms with Gasteiger partial charge in [-0.15, -0.1) is 11.3 Å². The highest BCUT2D eigenvalue weighted by molar-refractivity contribution is 9.11. The Labute approximate surface area is 122 Å². The summed E-state index contributed by atoms with van der Waals surface area (Å²) in [6, 6.07) is 8.13. The lowest BCUT2D eigenvalue weighted by molar-refractivity contribution is 0.0696. The van der Waals surface area contributed by atoms with E-state index in [1.165, 1.54) is 23.5 Å². The SMILES string of the molecule is Cc1cc(C(=O)O)ccc1NC(=O)c1ccc(Br)s1. The Bertz CT molecular complexity index is 651. The fraction of sp³-hybridized carbons (Fsp3) is 0.0769. The van der Waals surface area contributed by atoms with E-state index in [2.05, 4.69) is 21.2 Å². The van der Waals surface area contributed by atoms with Crippen LogP contribution in [-0.4, -0.2) is 17.0 Å². The van der Waals surface area contributed by atoms with E-state index in [4.69, 9.17) is 5.11 Å². The fourth-order valence-corrected chi connectivity index (χ4v) is 2.84. The quantitative estimate of drug-likeness (QED) is 0.894. The molecule has 0 bridgehead atoms. The van der Waals surface area contributed by atoms with Crippen LogP contribution in [0.15, 0.2) is 34.1 Å². The maximum Gasteiger partial charge on any atom is 0.335 e. The minimum atomic E-state index is -0.983. The molecular formula is C13H10BrNO3S. The second-order valence-corrected chi connectivity index (χ2v) is 6.36. The van der Waals surface area contributed by atoms with E-state index >= 15 is 0 Å². The third kappa shape index (κ3) is 3.21. The highest BCUT2D eigenvalue weighted by Gasteiger charge is 2.11. The monoisotopic (exact) mass is 339 g/mol. The minimum Gasteiger partial charge on any atom is -0.478 e. The van der Waals surface area contributed by atoms with Gasteiger partial charge in [0.2, 0.25) is 0 Å². The summed E-state index contributed by atoms with van der Waals surface area (Å²) < 4.78 is 0.885. The molecule has 6 heteroatoms. The molecule has 98 valence electrons. The fourth-order valence-electron chi connectivity index (χ4n) is 1.56. The van der Waals surface area contributed by atoms with Gasteiger partial charge < -0.3 is 10.4 Å². The number of benzene rings is 1. The number of rotatable bonds is 3. The summed E-state index contributed by atoms with van der Waals surface area (Å²) in [5, 5.41) is 11.6. The molecule has 19 heavy (non-hydrogen) atoms. The van der Waals surface area contributed by atoms with E-state index in [1.54, 1.807) is 25.1 Å². The molecule has 2 rings (SSSR count). The Morgan fingerprint density at radius 2 is 2.00 bits per heavy atom. The van der Waals surface area contributed by atoms with E-state index in [0.29, 0.717) is 16.1 Å². The number of aryl methyl sites for hydroxylation is 1. The average Bonchev–Trinajstić information content (AvgIpc) is 2.78. The molecular weight excluding hydrogens is 330 g/mol. The molecule has 0 spiro atoms. The van der Waals surface area contributed by atoms with Crippen molar-refractivity contribution >= 4 is 44.8 Å². The zero-order valence-electron chi connectivity index (χ0n) is 9.94. The average molecular weight is 340 g/mol. The van der Waals surface area contributed by atoms with Gasteiger partial charge >= 0.3 is 5.97 Å². The number of halogens is 1. The van der Waals surface area contributed by atoms with Gasteiger partial charge in [-0.25, -0.2) is 4.79 Å². The van der Waals surface area contributed by atoms with Crippen molar-refractivity contribution in [2.24, 2.45) is 0 Å². The first-order chi connectivity index (χ1) is 8.97. The third-order valence-electron chi connectivity index (χ3n) is 2.52. The van der Waals surface area contributed by atoms with Gasteiger partial charge in [0.05, 0.1) is 14.2 Å². The van der Waals surface area contributed by atoms with Gasteiger partial charge in [-0.05, 0) is 58.7 Å². The number of carbonyl (C=O) groups is 2. The largest absolute Gasteiger partial charge is 0.478 e. The van der Waals surface area contributed by atoms with Gasteiger partial charge in [-0.2, -0.15) is 0 Å². The molecule has 0 saturated heterocycles. The molecule has 2 aromatic rings. The van der Waals surface area contributed by atoms with Gasteiger partial charge in [0, 0.05) is 5.69 Å². The number of carbonyl (C=O) groups excluding carboxylic acids is 1. The number of nitrogens with one attached hydrogen (secondary N) is 1. The summed E-state index contributed by atoms with van der Waals surface area (Å²) in [6.07, 6.45) is 0. The number of hydrogen-bond acceptors (Lipinski definition) is 3. The van der Waals surface area contributed by atoms with Crippen molar-refractivity contribution in [2.75, 3.05) is 5.32 Å².